The van der Waals surface area contributed by atoms with Crippen LogP contribution in [-0.4, -0.2) is 96.7 Å². The molecule has 5 unspecified atom stereocenters. The third-order valence-corrected chi connectivity index (χ3v) is 18.1. The molecule has 17 nitrogen and oxygen atoms in total. The molecule has 0 aliphatic rings. The minimum atomic E-state index is -4.97. The van der Waals surface area contributed by atoms with E-state index in [0.29, 0.717) is 25.7 Å². The Morgan fingerprint density at radius 1 is 0.287 bits per heavy atom. The summed E-state index contributed by atoms with van der Waals surface area (Å²) in [5.41, 5.74) is 0. The zero-order chi connectivity index (χ0) is 69.0. The molecule has 0 bridgehead atoms. The second-order valence-electron chi connectivity index (χ2n) is 25.6. The maximum absolute atomic E-state index is 13.1. The van der Waals surface area contributed by atoms with Crippen LogP contribution in [0.25, 0.3) is 0 Å². The van der Waals surface area contributed by atoms with Crippen LogP contribution in [0.3, 0.4) is 0 Å². The molecule has 94 heavy (non-hydrogen) atoms. The van der Waals surface area contributed by atoms with Crippen molar-refractivity contribution >= 4 is 39.5 Å². The van der Waals surface area contributed by atoms with E-state index < -0.39 is 97.5 Å². The Balaban J connectivity index is 5.32. The molecule has 0 aromatic rings. The van der Waals surface area contributed by atoms with Crippen molar-refractivity contribution < 1.29 is 80.2 Å². The first-order valence-electron chi connectivity index (χ1n) is 37.9. The van der Waals surface area contributed by atoms with Gasteiger partial charge in [-0.3, -0.25) is 37.3 Å². The van der Waals surface area contributed by atoms with Gasteiger partial charge in [0.15, 0.2) is 12.2 Å². The van der Waals surface area contributed by atoms with Crippen molar-refractivity contribution in [3.63, 3.8) is 0 Å². The Morgan fingerprint density at radius 3 is 0.745 bits per heavy atom. The van der Waals surface area contributed by atoms with Crippen LogP contribution < -0.4 is 0 Å². The number of carbonyl (C=O) groups is 4. The summed E-state index contributed by atoms with van der Waals surface area (Å²) in [5.74, 6) is -2.18. The van der Waals surface area contributed by atoms with Crippen LogP contribution >= 0.6 is 15.6 Å². The van der Waals surface area contributed by atoms with Gasteiger partial charge >= 0.3 is 39.5 Å². The van der Waals surface area contributed by atoms with E-state index in [9.17, 15) is 43.2 Å². The number of phosphoric ester groups is 2. The van der Waals surface area contributed by atoms with E-state index in [1.54, 1.807) is 0 Å². The lowest BCUT2D eigenvalue weighted by atomic mass is 10.1. The van der Waals surface area contributed by atoms with E-state index in [-0.39, 0.29) is 25.7 Å². The normalized spacial score (nSPS) is 14.2. The Hall–Kier alpha value is -2.98. The Morgan fingerprint density at radius 2 is 0.489 bits per heavy atom. The van der Waals surface area contributed by atoms with Gasteiger partial charge < -0.3 is 33.8 Å². The van der Waals surface area contributed by atoms with E-state index in [2.05, 4.69) is 76.3 Å². The van der Waals surface area contributed by atoms with Gasteiger partial charge in [-0.15, -0.1) is 0 Å². The maximum atomic E-state index is 13.1. The van der Waals surface area contributed by atoms with Gasteiger partial charge in [-0.25, -0.2) is 9.13 Å². The van der Waals surface area contributed by atoms with Crippen molar-refractivity contribution in [1.82, 2.24) is 0 Å². The monoisotopic (exact) mass is 1370 g/mol. The lowest BCUT2D eigenvalue weighted by Crippen LogP contribution is -2.30. The number of hydrogen-bond acceptors (Lipinski definition) is 15. The van der Waals surface area contributed by atoms with E-state index in [0.717, 1.165) is 154 Å². The largest absolute Gasteiger partial charge is 0.472 e. The molecule has 0 aliphatic carbocycles. The maximum Gasteiger partial charge on any atom is 0.472 e. The third-order valence-electron chi connectivity index (χ3n) is 16.2. The fraction of sp³-hybridized carbons (Fsp3) is 0.840. The molecule has 0 saturated carbocycles. The molecular formula is C75H138O17P2. The van der Waals surface area contributed by atoms with Crippen LogP contribution in [0, 0.1) is 0 Å². The number of unbranched alkanes of at least 4 members (excludes halogenated alkanes) is 38. The highest BCUT2D eigenvalue weighted by molar-refractivity contribution is 7.47. The third kappa shape index (κ3) is 67.6. The molecule has 0 rings (SSSR count). The highest BCUT2D eigenvalue weighted by atomic mass is 31.2. The molecule has 19 heteroatoms. The topological polar surface area (TPSA) is 237 Å². The zero-order valence-corrected chi connectivity index (χ0v) is 61.7. The summed E-state index contributed by atoms with van der Waals surface area (Å²) in [6.07, 6.45) is 63.9. The second-order valence-corrected chi connectivity index (χ2v) is 28.5. The van der Waals surface area contributed by atoms with Gasteiger partial charge in [-0.2, -0.15) is 0 Å². The van der Waals surface area contributed by atoms with Crippen LogP contribution in [0.1, 0.15) is 349 Å². The SMILES string of the molecule is CCCCCC/C=C\CCCCCCCC(=O)OCC(COP(=O)(O)OCC(O)COP(=O)(O)OCC(COC(=O)CCCCCCC/C=C\CCCCCCCC)OC(=O)CCCCCCC/C=C\CCCCCC)OC(=O)CCCCCCC/C=C\CCCCCC. The fourth-order valence-corrected chi connectivity index (χ4v) is 12.0. The minimum absolute atomic E-state index is 0.0877. The molecule has 0 saturated heterocycles. The quantitative estimate of drug-likeness (QED) is 0.0169. The lowest BCUT2D eigenvalue weighted by molar-refractivity contribution is -0.161. The van der Waals surface area contributed by atoms with Gasteiger partial charge in [-0.1, -0.05) is 243 Å². The van der Waals surface area contributed by atoms with E-state index >= 15 is 0 Å². The Labute approximate surface area is 572 Å². The molecule has 0 aliphatic heterocycles. The number of carbonyl (C=O) groups excluding carboxylic acids is 4. The fourth-order valence-electron chi connectivity index (χ4n) is 10.4. The van der Waals surface area contributed by atoms with Crippen molar-refractivity contribution in [2.75, 3.05) is 39.6 Å². The first-order chi connectivity index (χ1) is 45.7. The van der Waals surface area contributed by atoms with Crippen molar-refractivity contribution in [3.8, 4) is 0 Å². The molecule has 550 valence electrons. The molecule has 0 aromatic carbocycles. The number of hydrogen-bond donors (Lipinski definition) is 3. The number of allylic oxidation sites excluding steroid dienone is 8. The van der Waals surface area contributed by atoms with Crippen molar-refractivity contribution in [2.45, 2.75) is 367 Å². The molecule has 0 spiro atoms. The van der Waals surface area contributed by atoms with Gasteiger partial charge in [0.1, 0.15) is 19.3 Å². The standard InChI is InChI=1S/C75H138O17P2/c1-5-9-13-17-21-25-29-33-34-38-40-44-48-52-56-60-73(78)86-66-71(92-75(80)62-58-54-50-46-42-37-32-28-24-20-16-12-8-4)68-90-94(83,84)88-64-69(76)63-87-93(81,82)89-67-70(91-74(79)61-57-53-49-45-41-36-31-27-23-19-15-11-7-3)65-85-72(77)59-55-51-47-43-39-35-30-26-22-18-14-10-6-2/h26-28,30-34,69-71,76H,5-25,29,35-68H2,1-4H3,(H,81,82)(H,83,84)/b30-26-,31-27-,32-28-,34-33-. The van der Waals surface area contributed by atoms with E-state index in [1.807, 2.05) is 0 Å². The lowest BCUT2D eigenvalue weighted by Gasteiger charge is -2.21. The highest BCUT2D eigenvalue weighted by Crippen LogP contribution is 2.45. The number of phosphoric acid groups is 2. The van der Waals surface area contributed by atoms with Crippen molar-refractivity contribution in [2.24, 2.45) is 0 Å². The number of esters is 4. The number of ether oxygens (including phenoxy) is 4. The Kier molecular flexibility index (Phi) is 66.4. The molecule has 0 fully saturated rings. The van der Waals surface area contributed by atoms with Crippen molar-refractivity contribution in [1.29, 1.82) is 0 Å². The molecule has 5 atom stereocenters. The number of rotatable bonds is 72. The predicted octanol–water partition coefficient (Wildman–Crippen LogP) is 21.3. The average molecular weight is 1370 g/mol. The van der Waals surface area contributed by atoms with Crippen LogP contribution in [0.4, 0.5) is 0 Å². The predicted molar refractivity (Wildman–Crippen MR) is 381 cm³/mol. The first kappa shape index (κ1) is 91.0. The summed E-state index contributed by atoms with van der Waals surface area (Å²) in [4.78, 5) is 72.7. The molecule has 3 N–H and O–H groups in total. The second kappa shape index (κ2) is 68.5. The summed E-state index contributed by atoms with van der Waals surface area (Å²) in [7, 11) is -9.93. The average Bonchev–Trinajstić information content (AvgIpc) is 2.45. The molecule has 0 heterocycles. The van der Waals surface area contributed by atoms with Gasteiger partial charge in [0.05, 0.1) is 26.4 Å². The summed E-state index contributed by atoms with van der Waals surface area (Å²) in [5, 5.41) is 10.6. The van der Waals surface area contributed by atoms with Crippen molar-refractivity contribution in [3.05, 3.63) is 48.6 Å². The van der Waals surface area contributed by atoms with Gasteiger partial charge in [0.2, 0.25) is 0 Å². The summed E-state index contributed by atoms with van der Waals surface area (Å²) in [6.45, 7) is 4.83. The van der Waals surface area contributed by atoms with Crippen LogP contribution in [-0.2, 0) is 65.4 Å². The molecular weight excluding hydrogens is 1230 g/mol. The van der Waals surface area contributed by atoms with Crippen LogP contribution in [0.15, 0.2) is 48.6 Å². The van der Waals surface area contributed by atoms with Crippen LogP contribution in [0.2, 0.25) is 0 Å². The first-order valence-corrected chi connectivity index (χ1v) is 40.9. The molecule has 0 radical (unpaired) electrons. The highest BCUT2D eigenvalue weighted by Gasteiger charge is 2.30. The van der Waals surface area contributed by atoms with Gasteiger partial charge in [-0.05, 0) is 128 Å². The van der Waals surface area contributed by atoms with Gasteiger partial charge in [0, 0.05) is 25.7 Å². The zero-order valence-electron chi connectivity index (χ0n) is 59.9. The van der Waals surface area contributed by atoms with E-state index in [1.165, 1.54) is 116 Å². The summed E-state index contributed by atoms with van der Waals surface area (Å²) in [6, 6.07) is 0. The van der Waals surface area contributed by atoms with Gasteiger partial charge in [0.25, 0.3) is 0 Å². The molecule has 0 amide bonds. The van der Waals surface area contributed by atoms with Crippen LogP contribution in [0.5, 0.6) is 0 Å². The number of aliphatic hydroxyl groups excluding tert-OH is 1. The smallest absolute Gasteiger partial charge is 0.462 e. The summed E-state index contributed by atoms with van der Waals surface area (Å²) >= 11 is 0. The van der Waals surface area contributed by atoms with E-state index in [4.69, 9.17) is 37.0 Å². The molecule has 0 aromatic heterocycles. The Bertz CT molecular complexity index is 1980. The minimum Gasteiger partial charge on any atom is -0.462 e. The number of aliphatic hydroxyl groups is 1. The summed E-state index contributed by atoms with van der Waals surface area (Å²) < 4.78 is 68.4.